The SMILES string of the molecule is CC(C)c1nnc([C@@H](C)NC(=O)Nc2ccccc2OCc2ccco2)o1. The third kappa shape index (κ3) is 4.87. The summed E-state index contributed by atoms with van der Waals surface area (Å²) in [6.07, 6.45) is 1.58. The lowest BCUT2D eigenvalue weighted by molar-refractivity contribution is 0.246. The van der Waals surface area contributed by atoms with E-state index in [0.29, 0.717) is 29.0 Å². The van der Waals surface area contributed by atoms with Gasteiger partial charge in [-0.05, 0) is 31.2 Å². The standard InChI is InChI=1S/C19H22N4O4/c1-12(2)17-22-23-18(27-17)13(3)20-19(24)21-15-8-4-5-9-16(15)26-11-14-7-6-10-25-14/h4-10,12-13H,11H2,1-3H3,(H2,20,21,24)/t13-/m1/s1. The molecule has 27 heavy (non-hydrogen) atoms. The van der Waals surface area contributed by atoms with Crippen molar-refractivity contribution in [2.45, 2.75) is 39.3 Å². The first-order valence-electron chi connectivity index (χ1n) is 8.68. The van der Waals surface area contributed by atoms with E-state index in [1.165, 1.54) is 0 Å². The Bertz CT molecular complexity index is 873. The number of nitrogens with zero attached hydrogens (tertiary/aromatic N) is 2. The van der Waals surface area contributed by atoms with Crippen molar-refractivity contribution < 1.29 is 18.4 Å². The van der Waals surface area contributed by atoms with Gasteiger partial charge in [0.2, 0.25) is 11.8 Å². The summed E-state index contributed by atoms with van der Waals surface area (Å²) in [5.41, 5.74) is 0.544. The van der Waals surface area contributed by atoms with E-state index in [1.54, 1.807) is 31.4 Å². The number of urea groups is 1. The van der Waals surface area contributed by atoms with Gasteiger partial charge >= 0.3 is 6.03 Å². The minimum Gasteiger partial charge on any atom is -0.483 e. The van der Waals surface area contributed by atoms with E-state index in [4.69, 9.17) is 13.6 Å². The van der Waals surface area contributed by atoms with Crippen LogP contribution in [-0.2, 0) is 6.61 Å². The number of aromatic nitrogens is 2. The molecule has 1 aromatic carbocycles. The smallest absolute Gasteiger partial charge is 0.319 e. The number of benzene rings is 1. The van der Waals surface area contributed by atoms with Crippen molar-refractivity contribution in [3.8, 4) is 5.75 Å². The Balaban J connectivity index is 1.60. The minimum atomic E-state index is -0.429. The Labute approximate surface area is 156 Å². The Morgan fingerprint density at radius 3 is 2.59 bits per heavy atom. The van der Waals surface area contributed by atoms with Gasteiger partial charge in [0.15, 0.2) is 0 Å². The zero-order valence-electron chi connectivity index (χ0n) is 15.4. The highest BCUT2D eigenvalue weighted by molar-refractivity contribution is 5.91. The number of carbonyl (C=O) groups excluding carboxylic acids is 1. The van der Waals surface area contributed by atoms with Crippen LogP contribution in [0.15, 0.2) is 51.5 Å². The molecule has 2 heterocycles. The summed E-state index contributed by atoms with van der Waals surface area (Å²) >= 11 is 0. The van der Waals surface area contributed by atoms with Crippen LogP contribution in [0.2, 0.25) is 0 Å². The number of nitrogens with one attached hydrogen (secondary N) is 2. The Kier molecular flexibility index (Phi) is 5.75. The maximum Gasteiger partial charge on any atom is 0.319 e. The van der Waals surface area contributed by atoms with E-state index >= 15 is 0 Å². The minimum absolute atomic E-state index is 0.130. The molecule has 8 heteroatoms. The van der Waals surface area contributed by atoms with Crippen molar-refractivity contribution in [2.24, 2.45) is 0 Å². The Morgan fingerprint density at radius 2 is 1.89 bits per heavy atom. The first kappa shape index (κ1) is 18.5. The molecule has 0 aliphatic rings. The van der Waals surface area contributed by atoms with Crippen molar-refractivity contribution >= 4 is 11.7 Å². The van der Waals surface area contributed by atoms with Crippen LogP contribution in [0.25, 0.3) is 0 Å². The van der Waals surface area contributed by atoms with Crippen LogP contribution in [0.3, 0.4) is 0 Å². The summed E-state index contributed by atoms with van der Waals surface area (Å²) in [6.45, 7) is 5.96. The van der Waals surface area contributed by atoms with Gasteiger partial charge in [0.25, 0.3) is 0 Å². The molecule has 0 spiro atoms. The van der Waals surface area contributed by atoms with Crippen LogP contribution < -0.4 is 15.4 Å². The van der Waals surface area contributed by atoms with E-state index < -0.39 is 12.1 Å². The third-order valence-electron chi connectivity index (χ3n) is 3.75. The molecule has 0 saturated heterocycles. The van der Waals surface area contributed by atoms with Crippen LogP contribution in [0.1, 0.15) is 50.3 Å². The van der Waals surface area contributed by atoms with E-state index in [0.717, 1.165) is 0 Å². The molecule has 2 amide bonds. The van der Waals surface area contributed by atoms with Crippen molar-refractivity contribution in [2.75, 3.05) is 5.32 Å². The lowest BCUT2D eigenvalue weighted by Crippen LogP contribution is -2.31. The quantitative estimate of drug-likeness (QED) is 0.645. The second-order valence-corrected chi connectivity index (χ2v) is 6.32. The predicted octanol–water partition coefficient (Wildman–Crippen LogP) is 4.25. The highest BCUT2D eigenvalue weighted by atomic mass is 16.5. The molecule has 0 radical (unpaired) electrons. The van der Waals surface area contributed by atoms with Crippen molar-refractivity contribution in [1.82, 2.24) is 15.5 Å². The van der Waals surface area contributed by atoms with Gasteiger partial charge in [-0.25, -0.2) is 4.79 Å². The van der Waals surface area contributed by atoms with Crippen LogP contribution in [0, 0.1) is 0 Å². The Morgan fingerprint density at radius 1 is 1.11 bits per heavy atom. The van der Waals surface area contributed by atoms with E-state index in [-0.39, 0.29) is 12.5 Å². The van der Waals surface area contributed by atoms with Crippen molar-refractivity contribution in [1.29, 1.82) is 0 Å². The molecule has 0 fully saturated rings. The van der Waals surface area contributed by atoms with Gasteiger partial charge in [0, 0.05) is 5.92 Å². The van der Waals surface area contributed by atoms with Gasteiger partial charge in [-0.1, -0.05) is 26.0 Å². The lowest BCUT2D eigenvalue weighted by atomic mass is 10.2. The monoisotopic (exact) mass is 370 g/mol. The fourth-order valence-electron chi connectivity index (χ4n) is 2.31. The number of anilines is 1. The van der Waals surface area contributed by atoms with E-state index in [1.807, 2.05) is 32.0 Å². The van der Waals surface area contributed by atoms with Gasteiger partial charge in [0.05, 0.1) is 12.0 Å². The molecule has 0 saturated carbocycles. The topological polar surface area (TPSA) is 102 Å². The van der Waals surface area contributed by atoms with E-state index in [9.17, 15) is 4.79 Å². The van der Waals surface area contributed by atoms with Gasteiger partial charge in [-0.15, -0.1) is 10.2 Å². The van der Waals surface area contributed by atoms with Crippen LogP contribution in [0.4, 0.5) is 10.5 Å². The van der Waals surface area contributed by atoms with Crippen molar-refractivity contribution in [3.05, 3.63) is 60.2 Å². The molecule has 0 bridgehead atoms. The van der Waals surface area contributed by atoms with Crippen LogP contribution in [0.5, 0.6) is 5.75 Å². The summed E-state index contributed by atoms with van der Waals surface area (Å²) in [5.74, 6) is 2.26. The number of furan rings is 1. The lowest BCUT2D eigenvalue weighted by Gasteiger charge is -2.14. The highest BCUT2D eigenvalue weighted by Crippen LogP contribution is 2.25. The van der Waals surface area contributed by atoms with Crippen molar-refractivity contribution in [3.63, 3.8) is 0 Å². The molecule has 142 valence electrons. The molecule has 0 unspecified atom stereocenters. The molecular formula is C19H22N4O4. The average Bonchev–Trinajstić information content (AvgIpc) is 3.33. The number of para-hydroxylation sites is 2. The fraction of sp³-hybridized carbons (Fsp3) is 0.316. The summed E-state index contributed by atoms with van der Waals surface area (Å²) in [5, 5.41) is 13.5. The molecule has 8 nitrogen and oxygen atoms in total. The number of rotatable bonds is 7. The predicted molar refractivity (Wildman–Crippen MR) is 98.4 cm³/mol. The molecule has 0 aliphatic heterocycles. The van der Waals surface area contributed by atoms with Gasteiger partial charge in [0.1, 0.15) is 24.2 Å². The molecule has 2 N–H and O–H groups in total. The summed E-state index contributed by atoms with van der Waals surface area (Å²) in [7, 11) is 0. The largest absolute Gasteiger partial charge is 0.483 e. The molecule has 3 aromatic rings. The zero-order chi connectivity index (χ0) is 19.2. The molecule has 3 rings (SSSR count). The Hall–Kier alpha value is -3.29. The van der Waals surface area contributed by atoms with Gasteiger partial charge < -0.3 is 24.2 Å². The first-order valence-corrected chi connectivity index (χ1v) is 8.68. The normalized spacial score (nSPS) is 12.0. The van der Waals surface area contributed by atoms with Crippen LogP contribution in [-0.4, -0.2) is 16.2 Å². The highest BCUT2D eigenvalue weighted by Gasteiger charge is 2.18. The molecule has 1 atom stereocenters. The summed E-state index contributed by atoms with van der Waals surface area (Å²) < 4.78 is 16.5. The number of carbonyl (C=O) groups is 1. The van der Waals surface area contributed by atoms with Gasteiger partial charge in [-0.2, -0.15) is 0 Å². The zero-order valence-corrected chi connectivity index (χ0v) is 15.4. The molecule has 0 aliphatic carbocycles. The second-order valence-electron chi connectivity index (χ2n) is 6.32. The number of ether oxygens (including phenoxy) is 1. The fourth-order valence-corrected chi connectivity index (χ4v) is 2.31. The average molecular weight is 370 g/mol. The molecule has 2 aromatic heterocycles. The van der Waals surface area contributed by atoms with Gasteiger partial charge in [-0.3, -0.25) is 0 Å². The maximum atomic E-state index is 12.3. The maximum absolute atomic E-state index is 12.3. The number of hydrogen-bond acceptors (Lipinski definition) is 6. The third-order valence-corrected chi connectivity index (χ3v) is 3.75. The number of amides is 2. The second kappa shape index (κ2) is 8.39. The summed E-state index contributed by atoms with van der Waals surface area (Å²) in [6, 6.07) is 9.95. The number of hydrogen-bond donors (Lipinski definition) is 2. The van der Waals surface area contributed by atoms with Crippen LogP contribution >= 0.6 is 0 Å². The first-order chi connectivity index (χ1) is 13.0. The molecular weight excluding hydrogens is 348 g/mol. The van der Waals surface area contributed by atoms with E-state index in [2.05, 4.69) is 20.8 Å². The summed E-state index contributed by atoms with van der Waals surface area (Å²) in [4.78, 5) is 12.3.